The molecule has 1 aliphatic carbocycles. The van der Waals surface area contributed by atoms with Crippen LogP contribution in [0.3, 0.4) is 0 Å². The number of rotatable bonds is 5. The van der Waals surface area contributed by atoms with Crippen LogP contribution < -0.4 is 5.32 Å². The van der Waals surface area contributed by atoms with E-state index in [0.717, 1.165) is 38.7 Å². The number of nitrogens with zero attached hydrogens (tertiary/aromatic N) is 1. The number of carbonyl (C=O) groups excluding carboxylic acids is 1. The zero-order chi connectivity index (χ0) is 13.9. The van der Waals surface area contributed by atoms with E-state index < -0.39 is 11.5 Å². The summed E-state index contributed by atoms with van der Waals surface area (Å²) < 4.78 is 5.49. The van der Waals surface area contributed by atoms with Gasteiger partial charge in [0.05, 0.1) is 18.1 Å². The zero-order valence-corrected chi connectivity index (χ0v) is 11.4. The second-order valence-corrected chi connectivity index (χ2v) is 5.65. The minimum Gasteiger partial charge on any atom is -0.481 e. The van der Waals surface area contributed by atoms with E-state index in [9.17, 15) is 9.59 Å². The first kappa shape index (κ1) is 14.1. The van der Waals surface area contributed by atoms with Crippen LogP contribution in [0, 0.1) is 0 Å². The van der Waals surface area contributed by atoms with Gasteiger partial charge in [0.2, 0.25) is 0 Å². The number of aliphatic carboxylic acids is 1. The third kappa shape index (κ3) is 3.59. The topological polar surface area (TPSA) is 78.9 Å². The van der Waals surface area contributed by atoms with Crippen LogP contribution in [0.15, 0.2) is 0 Å². The van der Waals surface area contributed by atoms with E-state index in [0.29, 0.717) is 6.54 Å². The number of hydrogen-bond donors (Lipinski definition) is 2. The van der Waals surface area contributed by atoms with Crippen LogP contribution in [0.4, 0.5) is 4.79 Å². The minimum absolute atomic E-state index is 0.00646. The highest BCUT2D eigenvalue weighted by Gasteiger charge is 2.41. The molecule has 1 atom stereocenters. The maximum Gasteiger partial charge on any atom is 0.317 e. The van der Waals surface area contributed by atoms with Crippen LogP contribution in [0.25, 0.3) is 0 Å². The number of carboxylic acid groups (broad SMARTS) is 1. The van der Waals surface area contributed by atoms with Crippen molar-refractivity contribution in [3.63, 3.8) is 0 Å². The summed E-state index contributed by atoms with van der Waals surface area (Å²) in [5.74, 6) is -0.859. The first-order chi connectivity index (χ1) is 9.01. The molecular weight excluding hydrogens is 248 g/mol. The van der Waals surface area contributed by atoms with Crippen LogP contribution in [0.5, 0.6) is 0 Å². The van der Waals surface area contributed by atoms with Crippen molar-refractivity contribution in [1.29, 1.82) is 0 Å². The van der Waals surface area contributed by atoms with Crippen molar-refractivity contribution >= 4 is 12.0 Å². The number of carbonyl (C=O) groups is 2. The lowest BCUT2D eigenvalue weighted by atomic mass is 9.74. The summed E-state index contributed by atoms with van der Waals surface area (Å²) in [5, 5.41) is 11.8. The molecule has 2 N–H and O–H groups in total. The lowest BCUT2D eigenvalue weighted by molar-refractivity contribution is -0.139. The van der Waals surface area contributed by atoms with Crippen molar-refractivity contribution in [3.05, 3.63) is 0 Å². The largest absolute Gasteiger partial charge is 0.481 e. The molecule has 1 unspecified atom stereocenters. The highest BCUT2D eigenvalue weighted by molar-refractivity contribution is 5.77. The van der Waals surface area contributed by atoms with Crippen molar-refractivity contribution in [3.8, 4) is 0 Å². The number of ether oxygens (including phenoxy) is 1. The molecule has 19 heavy (non-hydrogen) atoms. The summed E-state index contributed by atoms with van der Waals surface area (Å²) >= 11 is 0. The van der Waals surface area contributed by atoms with Crippen LogP contribution in [0.2, 0.25) is 0 Å². The monoisotopic (exact) mass is 270 g/mol. The Bertz CT molecular complexity index is 349. The zero-order valence-electron chi connectivity index (χ0n) is 11.4. The van der Waals surface area contributed by atoms with Gasteiger partial charge in [-0.1, -0.05) is 0 Å². The maximum atomic E-state index is 12.1. The molecule has 6 heteroatoms. The Morgan fingerprint density at radius 3 is 2.63 bits per heavy atom. The van der Waals surface area contributed by atoms with Gasteiger partial charge in [-0.3, -0.25) is 4.79 Å². The second kappa shape index (κ2) is 5.77. The first-order valence-corrected chi connectivity index (χ1v) is 6.87. The fraction of sp³-hybridized carbons (Fsp3) is 0.846. The maximum absolute atomic E-state index is 12.1. The number of likely N-dealkylation sites (N-methyl/N-ethyl adjacent to an activating group) is 1. The van der Waals surface area contributed by atoms with E-state index in [1.807, 2.05) is 0 Å². The fourth-order valence-electron chi connectivity index (χ4n) is 2.74. The van der Waals surface area contributed by atoms with Gasteiger partial charge >= 0.3 is 12.0 Å². The molecule has 6 nitrogen and oxygen atoms in total. The van der Waals surface area contributed by atoms with E-state index in [4.69, 9.17) is 9.84 Å². The van der Waals surface area contributed by atoms with Gasteiger partial charge in [0, 0.05) is 20.2 Å². The Kier molecular flexibility index (Phi) is 4.29. The summed E-state index contributed by atoms with van der Waals surface area (Å²) in [6.07, 6.45) is 4.63. The van der Waals surface area contributed by atoms with Crippen LogP contribution in [-0.2, 0) is 9.53 Å². The number of hydrogen-bond acceptors (Lipinski definition) is 3. The smallest absolute Gasteiger partial charge is 0.317 e. The average Bonchev–Trinajstić information content (AvgIpc) is 2.78. The average molecular weight is 270 g/mol. The highest BCUT2D eigenvalue weighted by Crippen LogP contribution is 2.35. The second-order valence-electron chi connectivity index (χ2n) is 5.65. The third-order valence-electron chi connectivity index (χ3n) is 4.02. The number of nitrogens with one attached hydrogen (secondary N) is 1. The molecule has 2 rings (SSSR count). The van der Waals surface area contributed by atoms with Crippen molar-refractivity contribution < 1.29 is 19.4 Å². The van der Waals surface area contributed by atoms with E-state index in [1.165, 1.54) is 0 Å². The SMILES string of the molecule is CN(CC1CCCO1)C(=O)NC1(CC(=O)O)CCC1. The Balaban J connectivity index is 1.82. The summed E-state index contributed by atoms with van der Waals surface area (Å²) in [6.45, 7) is 1.33. The molecule has 1 aliphatic heterocycles. The van der Waals surface area contributed by atoms with Crippen LogP contribution in [0.1, 0.15) is 38.5 Å². The van der Waals surface area contributed by atoms with E-state index in [-0.39, 0.29) is 18.6 Å². The van der Waals surface area contributed by atoms with Crippen molar-refractivity contribution in [2.75, 3.05) is 20.2 Å². The van der Waals surface area contributed by atoms with Gasteiger partial charge in [-0.05, 0) is 32.1 Å². The molecule has 2 amide bonds. The van der Waals surface area contributed by atoms with Gasteiger partial charge in [0.25, 0.3) is 0 Å². The molecule has 0 radical (unpaired) electrons. The van der Waals surface area contributed by atoms with Crippen LogP contribution >= 0.6 is 0 Å². The van der Waals surface area contributed by atoms with Gasteiger partial charge in [0.1, 0.15) is 0 Å². The summed E-state index contributed by atoms with van der Waals surface area (Å²) in [7, 11) is 1.73. The third-order valence-corrected chi connectivity index (χ3v) is 4.02. The Morgan fingerprint density at radius 2 is 2.16 bits per heavy atom. The predicted octanol–water partition coefficient (Wildman–Crippen LogP) is 1.20. The molecule has 0 spiro atoms. The predicted molar refractivity (Wildman–Crippen MR) is 69.0 cm³/mol. The van der Waals surface area contributed by atoms with Gasteiger partial charge in [-0.2, -0.15) is 0 Å². The molecule has 0 aromatic rings. The number of amides is 2. The molecule has 1 saturated carbocycles. The van der Waals surface area contributed by atoms with E-state index in [1.54, 1.807) is 11.9 Å². The van der Waals surface area contributed by atoms with Gasteiger partial charge in [-0.25, -0.2) is 4.79 Å². The fourth-order valence-corrected chi connectivity index (χ4v) is 2.74. The first-order valence-electron chi connectivity index (χ1n) is 6.87. The molecule has 2 fully saturated rings. The number of urea groups is 1. The molecule has 2 aliphatic rings. The summed E-state index contributed by atoms with van der Waals surface area (Å²) in [4.78, 5) is 24.5. The summed E-state index contributed by atoms with van der Waals surface area (Å²) in [5.41, 5.74) is -0.534. The molecule has 108 valence electrons. The van der Waals surface area contributed by atoms with Crippen LogP contribution in [-0.4, -0.2) is 53.8 Å². The quantitative estimate of drug-likeness (QED) is 0.787. The number of carboxylic acids is 1. The van der Waals surface area contributed by atoms with Crippen molar-refractivity contribution in [2.45, 2.75) is 50.2 Å². The molecule has 1 saturated heterocycles. The van der Waals surface area contributed by atoms with Gasteiger partial charge < -0.3 is 20.1 Å². The standard InChI is InChI=1S/C13H22N2O4/c1-15(9-10-4-2-7-19-10)12(18)14-13(5-3-6-13)8-11(16)17/h10H,2-9H2,1H3,(H,14,18)(H,16,17). The van der Waals surface area contributed by atoms with E-state index >= 15 is 0 Å². The summed E-state index contributed by atoms with van der Waals surface area (Å²) in [6, 6.07) is -0.198. The molecule has 1 heterocycles. The normalized spacial score (nSPS) is 24.6. The lowest BCUT2D eigenvalue weighted by Gasteiger charge is -2.42. The van der Waals surface area contributed by atoms with Gasteiger partial charge in [0.15, 0.2) is 0 Å². The van der Waals surface area contributed by atoms with E-state index in [2.05, 4.69) is 5.32 Å². The Labute approximate surface area is 113 Å². The van der Waals surface area contributed by atoms with Gasteiger partial charge in [-0.15, -0.1) is 0 Å². The lowest BCUT2D eigenvalue weighted by Crippen LogP contribution is -2.58. The van der Waals surface area contributed by atoms with Crippen molar-refractivity contribution in [1.82, 2.24) is 10.2 Å². The molecule has 0 aromatic heterocycles. The Morgan fingerprint density at radius 1 is 1.42 bits per heavy atom. The molecule has 0 aromatic carbocycles. The molecular formula is C13H22N2O4. The highest BCUT2D eigenvalue weighted by atomic mass is 16.5. The minimum atomic E-state index is -0.859. The Hall–Kier alpha value is -1.30. The molecule has 0 bridgehead atoms. The van der Waals surface area contributed by atoms with Crippen molar-refractivity contribution in [2.24, 2.45) is 0 Å².